The lowest BCUT2D eigenvalue weighted by molar-refractivity contribution is 0.119. The van der Waals surface area contributed by atoms with Gasteiger partial charge in [0.05, 0.1) is 28.9 Å². The Morgan fingerprint density at radius 1 is 1.35 bits per heavy atom. The van der Waals surface area contributed by atoms with Crippen molar-refractivity contribution in [3.05, 3.63) is 0 Å². The molecule has 0 bridgehead atoms. The second-order valence-electron chi connectivity index (χ2n) is 6.31. The molecule has 2 fully saturated rings. The molecule has 1 aliphatic heterocycles. The van der Waals surface area contributed by atoms with Crippen molar-refractivity contribution in [3.8, 4) is 0 Å². The molecular weight excluding hydrogens is 302 g/mol. The van der Waals surface area contributed by atoms with Gasteiger partial charge in [0.25, 0.3) is 0 Å². The molecule has 1 aliphatic carbocycles. The minimum atomic E-state index is -3.71. The molecule has 2 rings (SSSR count). The van der Waals surface area contributed by atoms with E-state index >= 15 is 0 Å². The maximum atomic E-state index is 12.4. The van der Waals surface area contributed by atoms with Crippen molar-refractivity contribution < 1.29 is 21.9 Å². The number of nitrogens with one attached hydrogen (secondary N) is 1. The van der Waals surface area contributed by atoms with Crippen LogP contribution in [0.4, 0.5) is 0 Å². The summed E-state index contributed by atoms with van der Waals surface area (Å²) in [5.41, 5.74) is -0.817. The molecule has 1 saturated carbocycles. The summed E-state index contributed by atoms with van der Waals surface area (Å²) in [6, 6.07) is 0. The van der Waals surface area contributed by atoms with Gasteiger partial charge in [-0.2, -0.15) is 0 Å². The zero-order valence-corrected chi connectivity index (χ0v) is 13.3. The van der Waals surface area contributed by atoms with E-state index in [0.29, 0.717) is 18.8 Å². The van der Waals surface area contributed by atoms with Crippen LogP contribution in [0.2, 0.25) is 0 Å². The van der Waals surface area contributed by atoms with Crippen LogP contribution in [0.25, 0.3) is 0 Å². The predicted molar refractivity (Wildman–Crippen MR) is 76.6 cm³/mol. The molecule has 0 aromatic carbocycles. The molecule has 3 unspecified atom stereocenters. The number of sulfone groups is 1. The smallest absolute Gasteiger partial charge is 0.216 e. The molecule has 1 heterocycles. The summed E-state index contributed by atoms with van der Waals surface area (Å²) in [5, 5.41) is 8.74. The van der Waals surface area contributed by atoms with Crippen molar-refractivity contribution in [2.75, 3.05) is 18.1 Å². The van der Waals surface area contributed by atoms with E-state index < -0.39 is 30.6 Å². The molecule has 1 saturated heterocycles. The molecule has 0 amide bonds. The summed E-state index contributed by atoms with van der Waals surface area (Å²) in [6.07, 6.45) is 3.25. The van der Waals surface area contributed by atoms with Gasteiger partial charge in [-0.1, -0.05) is 19.8 Å². The average molecular weight is 325 g/mol. The number of sulfonamides is 1. The molecule has 3 atom stereocenters. The van der Waals surface area contributed by atoms with Crippen molar-refractivity contribution in [2.24, 2.45) is 5.92 Å². The standard InChI is InChI=1S/C12H23NO5S2/c1-10-3-2-5-12(7-10,9-14)13-20(17,18)11-4-6-19(15,16)8-11/h10-11,13-14H,2-9H2,1H3. The van der Waals surface area contributed by atoms with Crippen molar-refractivity contribution in [1.82, 2.24) is 4.72 Å². The van der Waals surface area contributed by atoms with Crippen LogP contribution >= 0.6 is 0 Å². The van der Waals surface area contributed by atoms with Gasteiger partial charge in [0.15, 0.2) is 9.84 Å². The second kappa shape index (κ2) is 5.55. The van der Waals surface area contributed by atoms with Crippen LogP contribution in [-0.2, 0) is 19.9 Å². The van der Waals surface area contributed by atoms with Crippen LogP contribution in [0, 0.1) is 5.92 Å². The third kappa shape index (κ3) is 3.52. The van der Waals surface area contributed by atoms with E-state index in [0.717, 1.165) is 12.8 Å². The van der Waals surface area contributed by atoms with E-state index in [1.807, 2.05) is 6.92 Å². The van der Waals surface area contributed by atoms with Gasteiger partial charge in [0, 0.05) is 0 Å². The lowest BCUT2D eigenvalue weighted by atomic mass is 9.78. The van der Waals surface area contributed by atoms with Gasteiger partial charge in [-0.05, 0) is 25.2 Å². The normalized spacial score (nSPS) is 37.9. The van der Waals surface area contributed by atoms with Gasteiger partial charge < -0.3 is 5.11 Å². The second-order valence-corrected chi connectivity index (χ2v) is 10.5. The number of aliphatic hydroxyl groups is 1. The van der Waals surface area contributed by atoms with Crippen molar-refractivity contribution in [3.63, 3.8) is 0 Å². The molecule has 0 spiro atoms. The van der Waals surface area contributed by atoms with E-state index in [4.69, 9.17) is 0 Å². The number of aliphatic hydroxyl groups excluding tert-OH is 1. The minimum Gasteiger partial charge on any atom is -0.394 e. The first kappa shape index (κ1) is 16.2. The number of hydrogen-bond acceptors (Lipinski definition) is 5. The van der Waals surface area contributed by atoms with Crippen LogP contribution < -0.4 is 4.72 Å². The summed E-state index contributed by atoms with van der Waals surface area (Å²) >= 11 is 0. The fourth-order valence-corrected chi connectivity index (χ4v) is 7.80. The lowest BCUT2D eigenvalue weighted by Crippen LogP contribution is -2.56. The van der Waals surface area contributed by atoms with Crippen LogP contribution in [0.3, 0.4) is 0 Å². The van der Waals surface area contributed by atoms with Gasteiger partial charge in [-0.25, -0.2) is 21.6 Å². The quantitative estimate of drug-likeness (QED) is 0.760. The van der Waals surface area contributed by atoms with Gasteiger partial charge >= 0.3 is 0 Å². The number of hydrogen-bond donors (Lipinski definition) is 2. The zero-order valence-electron chi connectivity index (χ0n) is 11.7. The van der Waals surface area contributed by atoms with E-state index in [1.54, 1.807) is 0 Å². The van der Waals surface area contributed by atoms with E-state index in [-0.39, 0.29) is 24.5 Å². The Labute approximate surface area is 120 Å². The average Bonchev–Trinajstić information content (AvgIpc) is 2.70. The first-order valence-corrected chi connectivity index (χ1v) is 10.4. The highest BCUT2D eigenvalue weighted by atomic mass is 32.2. The highest BCUT2D eigenvalue weighted by Gasteiger charge is 2.43. The highest BCUT2D eigenvalue weighted by molar-refractivity contribution is 7.95. The van der Waals surface area contributed by atoms with E-state index in [1.165, 1.54) is 0 Å². The van der Waals surface area contributed by atoms with Crippen LogP contribution in [-0.4, -0.2) is 50.8 Å². The summed E-state index contributed by atoms with van der Waals surface area (Å²) in [4.78, 5) is 0. The SMILES string of the molecule is CC1CCCC(CO)(NS(=O)(=O)C2CCS(=O)(=O)C2)C1. The Morgan fingerprint density at radius 3 is 2.55 bits per heavy atom. The first-order chi connectivity index (χ1) is 9.18. The van der Waals surface area contributed by atoms with Gasteiger partial charge in [-0.15, -0.1) is 0 Å². The Morgan fingerprint density at radius 2 is 2.05 bits per heavy atom. The molecule has 6 nitrogen and oxygen atoms in total. The van der Waals surface area contributed by atoms with E-state index in [2.05, 4.69) is 4.72 Å². The molecule has 2 aliphatic rings. The maximum Gasteiger partial charge on any atom is 0.216 e. The monoisotopic (exact) mass is 325 g/mol. The summed E-state index contributed by atoms with van der Waals surface area (Å²) in [5.74, 6) is -0.0218. The molecule has 0 aromatic rings. The van der Waals surface area contributed by atoms with Crippen molar-refractivity contribution >= 4 is 19.9 Å². The Hall–Kier alpha value is -0.180. The summed E-state index contributed by atoms with van der Waals surface area (Å²) in [7, 11) is -6.95. The maximum absolute atomic E-state index is 12.4. The summed E-state index contributed by atoms with van der Waals surface area (Å²) in [6.45, 7) is 1.80. The molecule has 8 heteroatoms. The fraction of sp³-hybridized carbons (Fsp3) is 1.00. The Balaban J connectivity index is 2.14. The third-order valence-corrected chi connectivity index (χ3v) is 8.36. The lowest BCUT2D eigenvalue weighted by Gasteiger charge is -2.39. The fourth-order valence-electron chi connectivity index (χ4n) is 3.32. The molecule has 118 valence electrons. The largest absolute Gasteiger partial charge is 0.394 e. The van der Waals surface area contributed by atoms with Gasteiger partial charge in [0.2, 0.25) is 10.0 Å². The van der Waals surface area contributed by atoms with Gasteiger partial charge in [-0.3, -0.25) is 0 Å². The summed E-state index contributed by atoms with van der Waals surface area (Å²) < 4.78 is 50.3. The molecule has 2 N–H and O–H groups in total. The van der Waals surface area contributed by atoms with Crippen LogP contribution in [0.5, 0.6) is 0 Å². The van der Waals surface area contributed by atoms with Crippen molar-refractivity contribution in [2.45, 2.75) is 49.8 Å². The van der Waals surface area contributed by atoms with Crippen LogP contribution in [0.15, 0.2) is 0 Å². The molecule has 20 heavy (non-hydrogen) atoms. The highest BCUT2D eigenvalue weighted by Crippen LogP contribution is 2.33. The molecule has 0 aromatic heterocycles. The Kier molecular flexibility index (Phi) is 4.49. The molecule has 0 radical (unpaired) electrons. The van der Waals surface area contributed by atoms with Crippen LogP contribution in [0.1, 0.15) is 39.0 Å². The third-order valence-electron chi connectivity index (χ3n) is 4.38. The van der Waals surface area contributed by atoms with Crippen molar-refractivity contribution in [1.29, 1.82) is 0 Å². The predicted octanol–water partition coefficient (Wildman–Crippen LogP) is 0.0341. The molecular formula is C12H23NO5S2. The zero-order chi connectivity index (χ0) is 15.0. The van der Waals surface area contributed by atoms with E-state index in [9.17, 15) is 21.9 Å². The van der Waals surface area contributed by atoms with Gasteiger partial charge in [0.1, 0.15) is 0 Å². The Bertz CT molecular complexity index is 556. The topological polar surface area (TPSA) is 101 Å². The number of rotatable bonds is 4. The first-order valence-electron chi connectivity index (χ1n) is 7.02. The minimum absolute atomic E-state index is 0.0683.